The van der Waals surface area contributed by atoms with Gasteiger partial charge in [0.1, 0.15) is 4.21 Å². The van der Waals surface area contributed by atoms with Gasteiger partial charge in [-0.2, -0.15) is 0 Å². The second-order valence-corrected chi connectivity index (χ2v) is 8.00. The molecule has 0 aliphatic rings. The van der Waals surface area contributed by atoms with Crippen molar-refractivity contribution in [2.24, 2.45) is 0 Å². The summed E-state index contributed by atoms with van der Waals surface area (Å²) in [4.78, 5) is 11.6. The monoisotopic (exact) mass is 361 g/mol. The summed E-state index contributed by atoms with van der Waals surface area (Å²) in [6.07, 6.45) is 0. The molecule has 3 aromatic rings. The molecule has 0 radical (unpaired) electrons. The second kappa shape index (κ2) is 6.62. The van der Waals surface area contributed by atoms with Crippen LogP contribution in [0.5, 0.6) is 0 Å². The average molecular weight is 361 g/mol. The fourth-order valence-electron chi connectivity index (χ4n) is 2.18. The molecular formula is C17H15NO4S2. The van der Waals surface area contributed by atoms with Crippen LogP contribution in [0.1, 0.15) is 17.3 Å². The van der Waals surface area contributed by atoms with E-state index in [1.165, 1.54) is 35.6 Å². The molecule has 0 spiro atoms. The first-order valence-electron chi connectivity index (χ1n) is 7.28. The fraction of sp³-hybridized carbons (Fsp3) is 0.118. The lowest BCUT2D eigenvalue weighted by molar-refractivity contribution is 0.0526. The molecule has 0 bridgehead atoms. The molecule has 0 atom stereocenters. The van der Waals surface area contributed by atoms with Crippen molar-refractivity contribution in [3.05, 3.63) is 60.2 Å². The number of hydrogen-bond acceptors (Lipinski definition) is 5. The summed E-state index contributed by atoms with van der Waals surface area (Å²) in [6, 6.07) is 15.3. The summed E-state index contributed by atoms with van der Waals surface area (Å²) < 4.78 is 33.6. The lowest BCUT2D eigenvalue weighted by atomic mass is 10.2. The Labute approximate surface area is 143 Å². The molecule has 0 saturated heterocycles. The normalized spacial score (nSPS) is 11.4. The van der Waals surface area contributed by atoms with Crippen molar-refractivity contribution >= 4 is 43.1 Å². The average Bonchev–Trinajstić information content (AvgIpc) is 3.00. The van der Waals surface area contributed by atoms with Crippen LogP contribution in [0.25, 0.3) is 10.1 Å². The van der Waals surface area contributed by atoms with Crippen molar-refractivity contribution in [2.75, 3.05) is 11.3 Å². The van der Waals surface area contributed by atoms with Crippen molar-refractivity contribution < 1.29 is 17.9 Å². The molecule has 7 heteroatoms. The third-order valence-corrected chi connectivity index (χ3v) is 6.29. The maximum atomic E-state index is 12.5. The first-order valence-corrected chi connectivity index (χ1v) is 9.58. The van der Waals surface area contributed by atoms with Gasteiger partial charge in [0, 0.05) is 10.4 Å². The Bertz CT molecular complexity index is 942. The van der Waals surface area contributed by atoms with Gasteiger partial charge in [0.25, 0.3) is 10.0 Å². The minimum absolute atomic E-state index is 0.248. The molecule has 1 aromatic heterocycles. The molecule has 1 N–H and O–H groups in total. The van der Waals surface area contributed by atoms with Crippen LogP contribution in [0.15, 0.2) is 58.8 Å². The fourth-order valence-corrected chi connectivity index (χ4v) is 4.64. The maximum Gasteiger partial charge on any atom is 0.338 e. The molecule has 0 amide bonds. The highest BCUT2D eigenvalue weighted by Crippen LogP contribution is 2.30. The van der Waals surface area contributed by atoms with E-state index in [4.69, 9.17) is 4.74 Å². The van der Waals surface area contributed by atoms with Crippen molar-refractivity contribution in [3.8, 4) is 0 Å². The first kappa shape index (κ1) is 16.5. The Morgan fingerprint density at radius 1 is 1.12 bits per heavy atom. The van der Waals surface area contributed by atoms with Crippen LogP contribution < -0.4 is 4.72 Å². The van der Waals surface area contributed by atoms with Gasteiger partial charge in [-0.1, -0.05) is 18.2 Å². The zero-order chi connectivity index (χ0) is 17.2. The number of ether oxygens (including phenoxy) is 1. The van der Waals surface area contributed by atoms with E-state index in [2.05, 4.69) is 4.72 Å². The molecule has 0 aliphatic carbocycles. The third kappa shape index (κ3) is 3.42. The van der Waals surface area contributed by atoms with Crippen LogP contribution in [0.2, 0.25) is 0 Å². The van der Waals surface area contributed by atoms with Crippen LogP contribution in [-0.4, -0.2) is 21.0 Å². The van der Waals surface area contributed by atoms with Gasteiger partial charge in [0.2, 0.25) is 0 Å². The van der Waals surface area contributed by atoms with Crippen LogP contribution in [0, 0.1) is 0 Å². The van der Waals surface area contributed by atoms with E-state index in [0.717, 1.165) is 10.1 Å². The van der Waals surface area contributed by atoms with Crippen molar-refractivity contribution in [1.29, 1.82) is 0 Å². The van der Waals surface area contributed by atoms with Gasteiger partial charge in [-0.05, 0) is 48.7 Å². The summed E-state index contributed by atoms with van der Waals surface area (Å²) in [5, 5.41) is 0.889. The van der Waals surface area contributed by atoms with Gasteiger partial charge in [-0.3, -0.25) is 4.72 Å². The van der Waals surface area contributed by atoms with Gasteiger partial charge in [0.05, 0.1) is 12.2 Å². The zero-order valence-corrected chi connectivity index (χ0v) is 14.5. The molecule has 0 aliphatic heterocycles. The number of carbonyl (C=O) groups is 1. The predicted octanol–water partition coefficient (Wildman–Crippen LogP) is 3.88. The Balaban J connectivity index is 1.82. The van der Waals surface area contributed by atoms with Crippen LogP contribution in [0.3, 0.4) is 0 Å². The minimum atomic E-state index is -3.67. The van der Waals surface area contributed by atoms with Crippen molar-refractivity contribution in [2.45, 2.75) is 11.1 Å². The minimum Gasteiger partial charge on any atom is -0.462 e. The number of sulfonamides is 1. The van der Waals surface area contributed by atoms with Crippen LogP contribution in [-0.2, 0) is 14.8 Å². The van der Waals surface area contributed by atoms with E-state index in [0.29, 0.717) is 17.9 Å². The molecule has 124 valence electrons. The smallest absolute Gasteiger partial charge is 0.338 e. The highest BCUT2D eigenvalue weighted by molar-refractivity contribution is 7.94. The van der Waals surface area contributed by atoms with Crippen molar-refractivity contribution in [3.63, 3.8) is 0 Å². The largest absolute Gasteiger partial charge is 0.462 e. The van der Waals surface area contributed by atoms with E-state index in [9.17, 15) is 13.2 Å². The molecule has 24 heavy (non-hydrogen) atoms. The molecule has 0 unspecified atom stereocenters. The number of carbonyl (C=O) groups excluding carboxylic acids is 1. The number of nitrogens with one attached hydrogen (secondary N) is 1. The molecule has 3 rings (SSSR count). The Hall–Kier alpha value is -2.38. The highest BCUT2D eigenvalue weighted by Gasteiger charge is 2.18. The van der Waals surface area contributed by atoms with Gasteiger partial charge >= 0.3 is 5.97 Å². The topological polar surface area (TPSA) is 72.5 Å². The molecule has 0 fully saturated rings. The number of benzene rings is 2. The second-order valence-electron chi connectivity index (χ2n) is 5.01. The molecule has 0 saturated carbocycles. The lowest BCUT2D eigenvalue weighted by Gasteiger charge is -2.07. The van der Waals surface area contributed by atoms with Gasteiger partial charge in [0.15, 0.2) is 0 Å². The summed E-state index contributed by atoms with van der Waals surface area (Å²) in [5.41, 5.74) is 0.766. The Morgan fingerprint density at radius 2 is 1.83 bits per heavy atom. The predicted molar refractivity (Wildman–Crippen MR) is 95.0 cm³/mol. The summed E-state index contributed by atoms with van der Waals surface area (Å²) in [7, 11) is -3.67. The zero-order valence-electron chi connectivity index (χ0n) is 12.9. The van der Waals surface area contributed by atoms with E-state index in [1.807, 2.05) is 24.3 Å². The molecular weight excluding hydrogens is 346 g/mol. The number of hydrogen-bond donors (Lipinski definition) is 1. The summed E-state index contributed by atoms with van der Waals surface area (Å²) in [6.45, 7) is 2.02. The van der Waals surface area contributed by atoms with E-state index in [-0.39, 0.29) is 4.21 Å². The first-order chi connectivity index (χ1) is 11.5. The summed E-state index contributed by atoms with van der Waals surface area (Å²) >= 11 is 1.21. The lowest BCUT2D eigenvalue weighted by Crippen LogP contribution is -2.11. The standard InChI is InChI=1S/C17H15NO4S2/c1-2-22-17(19)12-7-9-14(10-8-12)18-24(20,21)16-11-13-5-3-4-6-15(13)23-16/h3-11,18H,2H2,1H3. The molecule has 5 nitrogen and oxygen atoms in total. The van der Waals surface area contributed by atoms with Gasteiger partial charge < -0.3 is 4.74 Å². The SMILES string of the molecule is CCOC(=O)c1ccc(NS(=O)(=O)c2cc3ccccc3s2)cc1. The number of rotatable bonds is 5. The van der Waals surface area contributed by atoms with Gasteiger partial charge in [-0.15, -0.1) is 11.3 Å². The van der Waals surface area contributed by atoms with Crippen LogP contribution in [0.4, 0.5) is 5.69 Å². The maximum absolute atomic E-state index is 12.5. The molecule has 1 heterocycles. The number of esters is 1. The Morgan fingerprint density at radius 3 is 2.50 bits per heavy atom. The van der Waals surface area contributed by atoms with Gasteiger partial charge in [-0.25, -0.2) is 13.2 Å². The summed E-state index contributed by atoms with van der Waals surface area (Å²) in [5.74, 6) is -0.434. The number of thiophene rings is 1. The third-order valence-electron chi connectivity index (χ3n) is 3.32. The van der Waals surface area contributed by atoms with E-state index in [1.54, 1.807) is 13.0 Å². The number of anilines is 1. The van der Waals surface area contributed by atoms with E-state index < -0.39 is 16.0 Å². The van der Waals surface area contributed by atoms with Crippen LogP contribution >= 0.6 is 11.3 Å². The number of fused-ring (bicyclic) bond motifs is 1. The highest BCUT2D eigenvalue weighted by atomic mass is 32.2. The molecule has 2 aromatic carbocycles. The van der Waals surface area contributed by atoms with E-state index >= 15 is 0 Å². The quantitative estimate of drug-likeness (QED) is 0.700. The van der Waals surface area contributed by atoms with Crippen molar-refractivity contribution in [1.82, 2.24) is 0 Å². The Kier molecular flexibility index (Phi) is 4.55.